The summed E-state index contributed by atoms with van der Waals surface area (Å²) in [7, 11) is 0. The first-order valence-corrected chi connectivity index (χ1v) is 7.10. The van der Waals surface area contributed by atoms with E-state index < -0.39 is 28.5 Å². The Labute approximate surface area is 135 Å². The summed E-state index contributed by atoms with van der Waals surface area (Å²) in [4.78, 5) is 29.3. The second kappa shape index (κ2) is 6.14. The molecule has 0 fully saturated rings. The maximum Gasteiger partial charge on any atom is 0.419 e. The number of pyridine rings is 1. The molecule has 0 aliphatic heterocycles. The van der Waals surface area contributed by atoms with Crippen LogP contribution in [-0.4, -0.2) is 14.5 Å². The first-order chi connectivity index (χ1) is 11.0. The fourth-order valence-electron chi connectivity index (χ4n) is 2.10. The van der Waals surface area contributed by atoms with E-state index in [0.717, 1.165) is 0 Å². The first kappa shape index (κ1) is 17.8. The molecule has 0 atom stereocenters. The first-order valence-electron chi connectivity index (χ1n) is 7.10. The van der Waals surface area contributed by atoms with Gasteiger partial charge in [-0.2, -0.15) is 13.2 Å². The highest BCUT2D eigenvalue weighted by Crippen LogP contribution is 2.34. The average Bonchev–Trinajstić information content (AvgIpc) is 2.44. The van der Waals surface area contributed by atoms with E-state index in [2.05, 4.69) is 15.3 Å². The molecule has 0 saturated heterocycles. The van der Waals surface area contributed by atoms with Crippen LogP contribution < -0.4 is 16.6 Å². The van der Waals surface area contributed by atoms with Crippen LogP contribution in [-0.2, 0) is 18.3 Å². The molecular weight excluding hydrogens is 325 g/mol. The molecule has 0 spiro atoms. The molecular formula is C15H17F3N4O2. The molecule has 0 bridgehead atoms. The van der Waals surface area contributed by atoms with Crippen molar-refractivity contribution in [2.24, 2.45) is 0 Å². The lowest BCUT2D eigenvalue weighted by Gasteiger charge is -2.22. The molecule has 9 heteroatoms. The van der Waals surface area contributed by atoms with Crippen molar-refractivity contribution in [2.75, 3.05) is 5.32 Å². The van der Waals surface area contributed by atoms with Gasteiger partial charge in [0.1, 0.15) is 0 Å². The fourth-order valence-corrected chi connectivity index (χ4v) is 2.10. The molecule has 2 N–H and O–H groups in total. The minimum atomic E-state index is -4.56. The van der Waals surface area contributed by atoms with E-state index in [0.29, 0.717) is 6.20 Å². The van der Waals surface area contributed by atoms with Gasteiger partial charge in [-0.25, -0.2) is 4.79 Å². The van der Waals surface area contributed by atoms with Gasteiger partial charge in [0, 0.05) is 36.4 Å². The van der Waals surface area contributed by atoms with E-state index in [-0.39, 0.29) is 17.8 Å². The summed E-state index contributed by atoms with van der Waals surface area (Å²) in [6.45, 7) is 5.15. The molecule has 130 valence electrons. The second-order valence-corrected chi connectivity index (χ2v) is 6.23. The van der Waals surface area contributed by atoms with E-state index in [1.165, 1.54) is 23.0 Å². The summed E-state index contributed by atoms with van der Waals surface area (Å²) in [5, 5.41) is 2.58. The van der Waals surface area contributed by atoms with E-state index >= 15 is 0 Å². The maximum atomic E-state index is 12.9. The molecule has 2 aromatic rings. The van der Waals surface area contributed by atoms with Gasteiger partial charge in [0.25, 0.3) is 5.56 Å². The highest BCUT2D eigenvalue weighted by atomic mass is 19.4. The Morgan fingerprint density at radius 2 is 1.92 bits per heavy atom. The van der Waals surface area contributed by atoms with Crippen molar-refractivity contribution in [1.29, 1.82) is 0 Å². The van der Waals surface area contributed by atoms with Crippen LogP contribution >= 0.6 is 0 Å². The molecule has 0 unspecified atom stereocenters. The van der Waals surface area contributed by atoms with E-state index in [4.69, 9.17) is 0 Å². The largest absolute Gasteiger partial charge is 0.419 e. The quantitative estimate of drug-likeness (QED) is 0.897. The molecule has 0 radical (unpaired) electrons. The molecule has 0 aliphatic carbocycles. The Morgan fingerprint density at radius 3 is 2.50 bits per heavy atom. The SMILES string of the molecule is CC(C)(C)n1cc(CNc2ccncc2C(F)(F)F)c(=O)[nH]c1=O. The van der Waals surface area contributed by atoms with Crippen LogP contribution in [0.4, 0.5) is 18.9 Å². The number of aromatic amines is 1. The van der Waals surface area contributed by atoms with Crippen LogP contribution in [0.1, 0.15) is 31.9 Å². The third kappa shape index (κ3) is 3.84. The number of nitrogens with one attached hydrogen (secondary N) is 2. The van der Waals surface area contributed by atoms with Crippen molar-refractivity contribution in [3.8, 4) is 0 Å². The normalized spacial score (nSPS) is 12.2. The maximum absolute atomic E-state index is 12.9. The molecule has 0 amide bonds. The average molecular weight is 342 g/mol. The molecule has 0 aromatic carbocycles. The number of alkyl halides is 3. The van der Waals surface area contributed by atoms with E-state index in [9.17, 15) is 22.8 Å². The number of halogens is 3. The smallest absolute Gasteiger partial charge is 0.380 e. The fraction of sp³-hybridized carbons (Fsp3) is 0.400. The van der Waals surface area contributed by atoms with Gasteiger partial charge in [-0.15, -0.1) is 0 Å². The minimum Gasteiger partial charge on any atom is -0.380 e. The topological polar surface area (TPSA) is 79.8 Å². The van der Waals surface area contributed by atoms with Crippen LogP contribution in [0.25, 0.3) is 0 Å². The molecule has 2 rings (SSSR count). The third-order valence-corrected chi connectivity index (χ3v) is 3.33. The summed E-state index contributed by atoms with van der Waals surface area (Å²) in [5.74, 6) is 0. The van der Waals surface area contributed by atoms with Gasteiger partial charge in [-0.1, -0.05) is 0 Å². The lowest BCUT2D eigenvalue weighted by molar-refractivity contribution is -0.137. The minimum absolute atomic E-state index is 0.148. The van der Waals surface area contributed by atoms with Gasteiger partial charge in [-0.3, -0.25) is 19.3 Å². The predicted molar refractivity (Wildman–Crippen MR) is 82.9 cm³/mol. The predicted octanol–water partition coefficient (Wildman–Crippen LogP) is 2.32. The molecule has 24 heavy (non-hydrogen) atoms. The van der Waals surface area contributed by atoms with E-state index in [1.807, 2.05) is 0 Å². The Morgan fingerprint density at radius 1 is 1.25 bits per heavy atom. The van der Waals surface area contributed by atoms with Crippen LogP contribution in [0.5, 0.6) is 0 Å². The molecule has 2 aromatic heterocycles. The highest BCUT2D eigenvalue weighted by molar-refractivity contribution is 5.51. The molecule has 0 aliphatic rings. The van der Waals surface area contributed by atoms with Crippen molar-refractivity contribution < 1.29 is 13.2 Å². The monoisotopic (exact) mass is 342 g/mol. The Bertz CT molecular complexity index is 847. The summed E-state index contributed by atoms with van der Waals surface area (Å²) in [6.07, 6.45) is -1.28. The zero-order chi connectivity index (χ0) is 18.1. The number of H-pyrrole nitrogens is 1. The van der Waals surface area contributed by atoms with Gasteiger partial charge >= 0.3 is 11.9 Å². The lowest BCUT2D eigenvalue weighted by Crippen LogP contribution is -2.40. The Hall–Kier alpha value is -2.58. The second-order valence-electron chi connectivity index (χ2n) is 6.23. The number of hydrogen-bond donors (Lipinski definition) is 2. The van der Waals surface area contributed by atoms with Crippen molar-refractivity contribution >= 4 is 5.69 Å². The van der Waals surface area contributed by atoms with Gasteiger partial charge in [0.05, 0.1) is 11.1 Å². The Kier molecular flexibility index (Phi) is 4.54. The third-order valence-electron chi connectivity index (χ3n) is 3.33. The summed E-state index contributed by atoms with van der Waals surface area (Å²) in [5.41, 5.74) is -2.76. The van der Waals surface area contributed by atoms with Crippen LogP contribution in [0, 0.1) is 0 Å². The molecule has 6 nitrogen and oxygen atoms in total. The number of hydrogen-bond acceptors (Lipinski definition) is 4. The van der Waals surface area contributed by atoms with Gasteiger partial charge in [0.15, 0.2) is 0 Å². The number of anilines is 1. The standard InChI is InChI=1S/C15H17F3N4O2/c1-14(2,3)22-8-9(12(23)21-13(22)24)6-20-11-4-5-19-7-10(11)15(16,17)18/h4-5,7-8H,6H2,1-3H3,(H,19,20)(H,21,23,24). The van der Waals surface area contributed by atoms with Crippen molar-refractivity contribution in [3.05, 3.63) is 56.6 Å². The number of nitrogens with zero attached hydrogens (tertiary/aromatic N) is 2. The number of rotatable bonds is 3. The summed E-state index contributed by atoms with van der Waals surface area (Å²) in [6, 6.07) is 1.18. The molecule has 0 saturated carbocycles. The van der Waals surface area contributed by atoms with Gasteiger partial charge in [-0.05, 0) is 26.8 Å². The van der Waals surface area contributed by atoms with Crippen molar-refractivity contribution in [3.63, 3.8) is 0 Å². The molecule has 2 heterocycles. The van der Waals surface area contributed by atoms with Crippen LogP contribution in [0.15, 0.2) is 34.2 Å². The van der Waals surface area contributed by atoms with E-state index in [1.54, 1.807) is 20.8 Å². The summed E-state index contributed by atoms with van der Waals surface area (Å²) < 4.78 is 40.1. The summed E-state index contributed by atoms with van der Waals surface area (Å²) >= 11 is 0. The van der Waals surface area contributed by atoms with Crippen LogP contribution in [0.2, 0.25) is 0 Å². The number of aromatic nitrogens is 3. The Balaban J connectivity index is 2.35. The van der Waals surface area contributed by atoms with Crippen molar-refractivity contribution in [1.82, 2.24) is 14.5 Å². The van der Waals surface area contributed by atoms with Crippen molar-refractivity contribution in [2.45, 2.75) is 39.0 Å². The zero-order valence-electron chi connectivity index (χ0n) is 13.4. The van der Waals surface area contributed by atoms with Crippen LogP contribution in [0.3, 0.4) is 0 Å². The van der Waals surface area contributed by atoms with Gasteiger partial charge in [0.2, 0.25) is 0 Å². The zero-order valence-corrected chi connectivity index (χ0v) is 13.4. The highest BCUT2D eigenvalue weighted by Gasteiger charge is 2.33. The van der Waals surface area contributed by atoms with Gasteiger partial charge < -0.3 is 5.32 Å². The lowest BCUT2D eigenvalue weighted by atomic mass is 10.1.